The highest BCUT2D eigenvalue weighted by molar-refractivity contribution is 6.31. The lowest BCUT2D eigenvalue weighted by molar-refractivity contribution is 0.415. The normalized spacial score (nSPS) is 10.7. The Morgan fingerprint density at radius 1 is 1.35 bits per heavy atom. The smallest absolute Gasteiger partial charge is 0.202 e. The number of ether oxygens (including phenoxy) is 1. The second kappa shape index (κ2) is 4.94. The zero-order valence-electron chi connectivity index (χ0n) is 10.7. The molecule has 6 heteroatoms. The van der Waals surface area contributed by atoms with Gasteiger partial charge in [-0.05, 0) is 35.4 Å². The number of nitrogens with one attached hydrogen (secondary N) is 1. The molecule has 0 spiro atoms. The summed E-state index contributed by atoms with van der Waals surface area (Å²) in [6.07, 6.45) is 1.52. The van der Waals surface area contributed by atoms with E-state index in [0.29, 0.717) is 11.4 Å². The number of benzene rings is 1. The van der Waals surface area contributed by atoms with Gasteiger partial charge in [0.1, 0.15) is 5.75 Å². The number of nitrogens with zero attached hydrogens (tertiary/aromatic N) is 1. The van der Waals surface area contributed by atoms with Gasteiger partial charge < -0.3 is 14.9 Å². The molecule has 0 fully saturated rings. The van der Waals surface area contributed by atoms with Gasteiger partial charge in [-0.3, -0.25) is 5.10 Å². The summed E-state index contributed by atoms with van der Waals surface area (Å²) in [6, 6.07) is 9.34. The number of methoxy groups -OCH3 is 1. The van der Waals surface area contributed by atoms with Crippen molar-refractivity contribution in [1.29, 1.82) is 0 Å². The minimum absolute atomic E-state index is 0.290. The van der Waals surface area contributed by atoms with Gasteiger partial charge in [0.15, 0.2) is 5.82 Å². The maximum atomic E-state index is 6.02. The third kappa shape index (κ3) is 2.02. The minimum Gasteiger partial charge on any atom is -0.497 e. The van der Waals surface area contributed by atoms with Gasteiger partial charge in [0.25, 0.3) is 0 Å². The number of anilines is 1. The van der Waals surface area contributed by atoms with Crippen molar-refractivity contribution in [3.05, 3.63) is 41.8 Å². The van der Waals surface area contributed by atoms with Crippen LogP contribution in [0.15, 0.2) is 41.0 Å². The summed E-state index contributed by atoms with van der Waals surface area (Å²) in [5.74, 6) is 1.14. The minimum atomic E-state index is 0.290. The summed E-state index contributed by atoms with van der Waals surface area (Å²) in [5.41, 5.74) is 9.06. The largest absolute Gasteiger partial charge is 0.497 e. The van der Waals surface area contributed by atoms with Crippen LogP contribution in [0.2, 0.25) is 5.22 Å². The van der Waals surface area contributed by atoms with Gasteiger partial charge in [0.2, 0.25) is 5.22 Å². The number of hydrogen-bond acceptors (Lipinski definition) is 4. The monoisotopic (exact) mass is 289 g/mol. The number of rotatable bonds is 3. The van der Waals surface area contributed by atoms with Crippen molar-refractivity contribution in [3.8, 4) is 28.1 Å². The molecule has 0 unspecified atom stereocenters. The van der Waals surface area contributed by atoms with Crippen LogP contribution in [0.4, 0.5) is 5.82 Å². The van der Waals surface area contributed by atoms with Gasteiger partial charge in [-0.1, -0.05) is 12.1 Å². The molecule has 102 valence electrons. The quantitative estimate of drug-likeness (QED) is 0.772. The fraction of sp³-hybridized carbons (Fsp3) is 0.0714. The zero-order valence-corrected chi connectivity index (χ0v) is 11.4. The number of halogens is 1. The van der Waals surface area contributed by atoms with Crippen molar-refractivity contribution in [3.63, 3.8) is 0 Å². The molecule has 3 aromatic rings. The Morgan fingerprint density at radius 2 is 2.20 bits per heavy atom. The summed E-state index contributed by atoms with van der Waals surface area (Å²) >= 11 is 6.02. The number of furan rings is 1. The predicted octanol–water partition coefficient (Wildman–Crippen LogP) is 3.58. The van der Waals surface area contributed by atoms with Crippen molar-refractivity contribution >= 4 is 17.4 Å². The van der Waals surface area contributed by atoms with Crippen LogP contribution in [0.25, 0.3) is 22.4 Å². The Labute approximate surface area is 120 Å². The molecule has 3 N–H and O–H groups in total. The molecule has 20 heavy (non-hydrogen) atoms. The molecular formula is C14H12ClN3O2. The second-order valence-corrected chi connectivity index (χ2v) is 4.54. The van der Waals surface area contributed by atoms with Gasteiger partial charge in [0, 0.05) is 0 Å². The molecule has 0 aliphatic carbocycles. The number of nitrogen functional groups attached to an aromatic ring is 1. The van der Waals surface area contributed by atoms with E-state index in [0.717, 1.165) is 22.6 Å². The summed E-state index contributed by atoms with van der Waals surface area (Å²) in [4.78, 5) is 0. The van der Waals surface area contributed by atoms with Crippen LogP contribution < -0.4 is 10.5 Å². The van der Waals surface area contributed by atoms with Crippen LogP contribution in [0.1, 0.15) is 0 Å². The third-order valence-electron chi connectivity index (χ3n) is 3.04. The molecule has 2 aromatic heterocycles. The first kappa shape index (κ1) is 12.6. The molecule has 0 aliphatic rings. The lowest BCUT2D eigenvalue weighted by atomic mass is 10.0. The van der Waals surface area contributed by atoms with Gasteiger partial charge >= 0.3 is 0 Å². The van der Waals surface area contributed by atoms with E-state index in [1.165, 1.54) is 6.26 Å². The van der Waals surface area contributed by atoms with E-state index in [9.17, 15) is 0 Å². The van der Waals surface area contributed by atoms with Crippen molar-refractivity contribution < 1.29 is 9.15 Å². The van der Waals surface area contributed by atoms with Crippen LogP contribution in [-0.2, 0) is 0 Å². The van der Waals surface area contributed by atoms with E-state index < -0.39 is 0 Å². The lowest BCUT2D eigenvalue weighted by Crippen LogP contribution is -1.90. The molecule has 3 rings (SSSR count). The SMILES string of the molecule is COc1cccc(-c2c(N)n[nH]c2-c2ccoc2Cl)c1. The molecule has 1 aromatic carbocycles. The Morgan fingerprint density at radius 3 is 2.90 bits per heavy atom. The summed E-state index contributed by atoms with van der Waals surface area (Å²) in [5, 5.41) is 7.24. The van der Waals surface area contributed by atoms with E-state index in [1.807, 2.05) is 24.3 Å². The molecule has 0 radical (unpaired) electrons. The molecule has 0 saturated heterocycles. The maximum Gasteiger partial charge on any atom is 0.202 e. The fourth-order valence-electron chi connectivity index (χ4n) is 2.09. The number of H-pyrrole nitrogens is 1. The molecule has 0 bridgehead atoms. The second-order valence-electron chi connectivity index (χ2n) is 4.20. The average molecular weight is 290 g/mol. The van der Waals surface area contributed by atoms with E-state index in [-0.39, 0.29) is 5.22 Å². The third-order valence-corrected chi connectivity index (χ3v) is 3.33. The number of nitrogens with two attached hydrogens (primary N) is 1. The maximum absolute atomic E-state index is 6.02. The molecular weight excluding hydrogens is 278 g/mol. The van der Waals surface area contributed by atoms with Crippen LogP contribution >= 0.6 is 11.6 Å². The average Bonchev–Trinajstić information content (AvgIpc) is 3.04. The topological polar surface area (TPSA) is 77.1 Å². The first-order valence-corrected chi connectivity index (χ1v) is 6.30. The highest BCUT2D eigenvalue weighted by atomic mass is 35.5. The highest BCUT2D eigenvalue weighted by Crippen LogP contribution is 2.38. The van der Waals surface area contributed by atoms with Gasteiger partial charge in [-0.2, -0.15) is 5.10 Å². The van der Waals surface area contributed by atoms with Crippen molar-refractivity contribution in [1.82, 2.24) is 10.2 Å². The molecule has 0 amide bonds. The summed E-state index contributed by atoms with van der Waals surface area (Å²) in [6.45, 7) is 0. The molecule has 5 nitrogen and oxygen atoms in total. The standard InChI is InChI=1S/C14H12ClN3O2/c1-19-9-4-2-3-8(7-9)11-12(17-18-14(11)16)10-5-6-20-13(10)15/h2-7H,1H3,(H3,16,17,18). The Kier molecular flexibility index (Phi) is 3.12. The summed E-state index contributed by atoms with van der Waals surface area (Å²) < 4.78 is 10.3. The van der Waals surface area contributed by atoms with E-state index in [4.69, 9.17) is 26.5 Å². The van der Waals surface area contributed by atoms with Crippen molar-refractivity contribution in [2.24, 2.45) is 0 Å². The van der Waals surface area contributed by atoms with Gasteiger partial charge in [-0.25, -0.2) is 0 Å². The summed E-state index contributed by atoms with van der Waals surface area (Å²) in [7, 11) is 1.62. The Bertz CT molecular complexity index is 748. The van der Waals surface area contributed by atoms with Crippen molar-refractivity contribution in [2.45, 2.75) is 0 Å². The molecule has 0 saturated carbocycles. The highest BCUT2D eigenvalue weighted by Gasteiger charge is 2.18. The number of hydrogen-bond donors (Lipinski definition) is 2. The molecule has 0 aliphatic heterocycles. The van der Waals surface area contributed by atoms with Crippen molar-refractivity contribution in [2.75, 3.05) is 12.8 Å². The number of aromatic nitrogens is 2. The van der Waals surface area contributed by atoms with Gasteiger partial charge in [0.05, 0.1) is 30.2 Å². The molecule has 2 heterocycles. The van der Waals surface area contributed by atoms with Crippen LogP contribution in [0.5, 0.6) is 5.75 Å². The Balaban J connectivity index is 2.19. The zero-order chi connectivity index (χ0) is 14.1. The van der Waals surface area contributed by atoms with E-state index in [1.54, 1.807) is 13.2 Å². The van der Waals surface area contributed by atoms with Crippen LogP contribution in [-0.4, -0.2) is 17.3 Å². The van der Waals surface area contributed by atoms with E-state index >= 15 is 0 Å². The predicted molar refractivity (Wildman–Crippen MR) is 77.7 cm³/mol. The number of aromatic amines is 1. The lowest BCUT2D eigenvalue weighted by Gasteiger charge is -2.06. The Hall–Kier alpha value is -2.40. The van der Waals surface area contributed by atoms with Crippen LogP contribution in [0, 0.1) is 0 Å². The fourth-order valence-corrected chi connectivity index (χ4v) is 2.30. The molecule has 0 atom stereocenters. The van der Waals surface area contributed by atoms with Crippen LogP contribution in [0.3, 0.4) is 0 Å². The first-order chi connectivity index (χ1) is 9.70. The van der Waals surface area contributed by atoms with E-state index in [2.05, 4.69) is 10.2 Å². The van der Waals surface area contributed by atoms with Gasteiger partial charge in [-0.15, -0.1) is 0 Å². The first-order valence-electron chi connectivity index (χ1n) is 5.92.